The zero-order valence-electron chi connectivity index (χ0n) is 13.9. The molecule has 2 heterocycles. The Morgan fingerprint density at radius 2 is 2.19 bits per heavy atom. The molecule has 0 aliphatic carbocycles. The van der Waals surface area contributed by atoms with Crippen molar-refractivity contribution in [3.05, 3.63) is 47.1 Å². The van der Waals surface area contributed by atoms with Crippen molar-refractivity contribution in [3.63, 3.8) is 0 Å². The first-order valence-corrected chi connectivity index (χ1v) is 8.80. The van der Waals surface area contributed by atoms with Gasteiger partial charge < -0.3 is 15.6 Å². The molecule has 1 aromatic carbocycles. The number of aromatic nitrogens is 3. The maximum Gasteiger partial charge on any atom is 0.237 e. The van der Waals surface area contributed by atoms with Crippen molar-refractivity contribution in [2.24, 2.45) is 0 Å². The molecule has 3 N–H and O–H groups in total. The lowest BCUT2D eigenvalue weighted by Crippen LogP contribution is -2.23. The lowest BCUT2D eigenvalue weighted by molar-refractivity contribution is -0.115. The number of amides is 1. The van der Waals surface area contributed by atoms with E-state index in [1.54, 1.807) is 19.9 Å². The summed E-state index contributed by atoms with van der Waals surface area (Å²) >= 11 is 6.86. The van der Waals surface area contributed by atoms with Gasteiger partial charge in [-0.1, -0.05) is 23.4 Å². The monoisotopic (exact) mass is 395 g/mol. The first kappa shape index (κ1) is 18.3. The number of anilines is 1. The molecule has 0 aliphatic heterocycles. The summed E-state index contributed by atoms with van der Waals surface area (Å²) in [5, 5.41) is 10.5. The Kier molecular flexibility index (Phi) is 5.19. The Balaban J connectivity index is 1.70. The van der Waals surface area contributed by atoms with Crippen LogP contribution in [0.3, 0.4) is 0 Å². The van der Waals surface area contributed by atoms with Gasteiger partial charge in [0.15, 0.2) is 5.82 Å². The topological polar surface area (TPSA) is 99.0 Å². The second-order valence-corrected chi connectivity index (χ2v) is 7.16. The third kappa shape index (κ3) is 3.68. The van der Waals surface area contributed by atoms with Crippen molar-refractivity contribution in [1.82, 2.24) is 14.9 Å². The summed E-state index contributed by atoms with van der Waals surface area (Å²) < 4.78 is 19.7. The first-order valence-electron chi connectivity index (χ1n) is 7.54. The van der Waals surface area contributed by atoms with Crippen LogP contribution in [0.2, 0.25) is 5.02 Å². The van der Waals surface area contributed by atoms with Crippen LogP contribution in [0.5, 0.6) is 0 Å². The van der Waals surface area contributed by atoms with Gasteiger partial charge in [0.25, 0.3) is 0 Å². The second kappa shape index (κ2) is 7.38. The number of nitrogens with zero attached hydrogens (tertiary/aromatic N) is 3. The van der Waals surface area contributed by atoms with E-state index in [0.717, 1.165) is 17.3 Å². The Morgan fingerprint density at radius 1 is 1.42 bits per heavy atom. The molecule has 0 bridgehead atoms. The van der Waals surface area contributed by atoms with Gasteiger partial charge in [0, 0.05) is 5.69 Å². The van der Waals surface area contributed by atoms with Gasteiger partial charge in [-0.05, 0) is 38.1 Å². The molecule has 1 atom stereocenters. The number of benzene rings is 1. The van der Waals surface area contributed by atoms with E-state index in [-0.39, 0.29) is 10.9 Å². The molecule has 0 radical (unpaired) electrons. The van der Waals surface area contributed by atoms with Crippen LogP contribution in [-0.4, -0.2) is 26.0 Å². The minimum Gasteiger partial charge on any atom is -0.469 e. The fraction of sp³-hybridized carbons (Fsp3) is 0.188. The fourth-order valence-corrected chi connectivity index (χ4v) is 3.14. The molecule has 10 heteroatoms. The molecule has 1 unspecified atom stereocenters. The van der Waals surface area contributed by atoms with Crippen LogP contribution in [0.25, 0.3) is 11.4 Å². The Bertz CT molecular complexity index is 958. The average molecular weight is 396 g/mol. The van der Waals surface area contributed by atoms with Crippen molar-refractivity contribution in [1.29, 1.82) is 0 Å². The summed E-state index contributed by atoms with van der Waals surface area (Å²) in [6, 6.07) is 5.70. The van der Waals surface area contributed by atoms with Crippen LogP contribution in [-0.2, 0) is 4.79 Å². The summed E-state index contributed by atoms with van der Waals surface area (Å²) in [5.74, 6) is 6.29. The third-order valence-corrected chi connectivity index (χ3v) is 4.95. The molecular formula is C16H15ClFN5O2S. The number of nitrogen functional groups attached to an aromatic ring is 1. The van der Waals surface area contributed by atoms with Crippen molar-refractivity contribution in [3.8, 4) is 11.4 Å². The van der Waals surface area contributed by atoms with Crippen molar-refractivity contribution >= 4 is 35.0 Å². The van der Waals surface area contributed by atoms with Crippen LogP contribution < -0.4 is 11.2 Å². The quantitative estimate of drug-likeness (QED) is 0.507. The number of carbonyl (C=O) groups excluding carboxylic acids is 1. The first-order chi connectivity index (χ1) is 12.4. The van der Waals surface area contributed by atoms with Gasteiger partial charge in [0.1, 0.15) is 11.6 Å². The molecule has 0 saturated carbocycles. The van der Waals surface area contributed by atoms with E-state index in [9.17, 15) is 9.18 Å². The lowest BCUT2D eigenvalue weighted by atomic mass is 10.2. The zero-order valence-corrected chi connectivity index (χ0v) is 15.4. The predicted octanol–water partition coefficient (Wildman–Crippen LogP) is 3.47. The highest BCUT2D eigenvalue weighted by molar-refractivity contribution is 8.00. The predicted molar refractivity (Wildman–Crippen MR) is 98.0 cm³/mol. The van der Waals surface area contributed by atoms with Gasteiger partial charge in [0.05, 0.1) is 22.1 Å². The molecule has 0 aliphatic rings. The van der Waals surface area contributed by atoms with Gasteiger partial charge >= 0.3 is 0 Å². The number of rotatable bonds is 5. The number of hydrogen-bond acceptors (Lipinski definition) is 6. The molecule has 3 aromatic rings. The number of nitrogens with two attached hydrogens (primary N) is 1. The molecule has 1 amide bonds. The van der Waals surface area contributed by atoms with E-state index >= 15 is 0 Å². The number of halogens is 2. The van der Waals surface area contributed by atoms with E-state index in [1.807, 2.05) is 0 Å². The highest BCUT2D eigenvalue weighted by Gasteiger charge is 2.21. The normalized spacial score (nSPS) is 12.2. The Morgan fingerprint density at radius 3 is 2.85 bits per heavy atom. The molecule has 0 fully saturated rings. The van der Waals surface area contributed by atoms with E-state index in [4.69, 9.17) is 21.9 Å². The standard InChI is InChI=1S/C16H15ClFN5O2S/c1-8-11(5-6-25-8)14-21-22-16(23(14)19)26-9(2)15(24)20-10-3-4-13(18)12(17)7-10/h3-7,9H,19H2,1-2H3,(H,20,24). The van der Waals surface area contributed by atoms with Crippen LogP contribution in [0.4, 0.5) is 10.1 Å². The maximum atomic E-state index is 13.2. The number of furan rings is 1. The maximum absolute atomic E-state index is 13.2. The van der Waals surface area contributed by atoms with Crippen LogP contribution in [0.15, 0.2) is 40.1 Å². The largest absolute Gasteiger partial charge is 0.469 e. The van der Waals surface area contributed by atoms with Gasteiger partial charge in [-0.2, -0.15) is 0 Å². The Hall–Kier alpha value is -2.52. The third-order valence-electron chi connectivity index (χ3n) is 3.60. The van der Waals surface area contributed by atoms with Gasteiger partial charge in [0.2, 0.25) is 11.1 Å². The summed E-state index contributed by atoms with van der Waals surface area (Å²) in [6.45, 7) is 3.49. The summed E-state index contributed by atoms with van der Waals surface area (Å²) in [7, 11) is 0. The van der Waals surface area contributed by atoms with E-state index in [0.29, 0.717) is 22.4 Å². The highest BCUT2D eigenvalue weighted by atomic mass is 35.5. The van der Waals surface area contributed by atoms with E-state index in [1.165, 1.54) is 29.1 Å². The SMILES string of the molecule is Cc1occc1-c1nnc(SC(C)C(=O)Nc2ccc(F)c(Cl)c2)n1N. The number of carbonyl (C=O) groups is 1. The van der Waals surface area contributed by atoms with Crippen molar-refractivity contribution < 1.29 is 13.6 Å². The van der Waals surface area contributed by atoms with Gasteiger partial charge in [-0.15, -0.1) is 10.2 Å². The molecule has 0 spiro atoms. The van der Waals surface area contributed by atoms with Crippen molar-refractivity contribution in [2.75, 3.05) is 11.2 Å². The average Bonchev–Trinajstić information content (AvgIpc) is 3.17. The smallest absolute Gasteiger partial charge is 0.237 e. The number of thioether (sulfide) groups is 1. The summed E-state index contributed by atoms with van der Waals surface area (Å²) in [6.07, 6.45) is 1.54. The molecule has 0 saturated heterocycles. The van der Waals surface area contributed by atoms with Gasteiger partial charge in [-0.3, -0.25) is 4.79 Å². The molecule has 136 valence electrons. The lowest BCUT2D eigenvalue weighted by Gasteiger charge is -2.12. The van der Waals surface area contributed by atoms with Crippen molar-refractivity contribution in [2.45, 2.75) is 24.3 Å². The number of nitrogens with one attached hydrogen (secondary N) is 1. The molecule has 2 aromatic heterocycles. The van der Waals surface area contributed by atoms with Crippen LogP contribution in [0.1, 0.15) is 12.7 Å². The molecular weight excluding hydrogens is 381 g/mol. The number of aryl methyl sites for hydroxylation is 1. The molecule has 26 heavy (non-hydrogen) atoms. The minimum absolute atomic E-state index is 0.0649. The Labute approximate surface area is 157 Å². The van der Waals surface area contributed by atoms with Crippen LogP contribution in [0, 0.1) is 12.7 Å². The fourth-order valence-electron chi connectivity index (χ4n) is 2.19. The van der Waals surface area contributed by atoms with Gasteiger partial charge in [-0.25, -0.2) is 9.07 Å². The molecule has 7 nitrogen and oxygen atoms in total. The summed E-state index contributed by atoms with van der Waals surface area (Å²) in [4.78, 5) is 12.3. The minimum atomic E-state index is -0.551. The number of hydrogen-bond donors (Lipinski definition) is 2. The molecule has 3 rings (SSSR count). The highest BCUT2D eigenvalue weighted by Crippen LogP contribution is 2.28. The van der Waals surface area contributed by atoms with Crippen LogP contribution >= 0.6 is 23.4 Å². The zero-order chi connectivity index (χ0) is 18.8. The summed E-state index contributed by atoms with van der Waals surface area (Å²) in [5.41, 5.74) is 1.13. The second-order valence-electron chi connectivity index (χ2n) is 5.44. The van der Waals surface area contributed by atoms with E-state index in [2.05, 4.69) is 15.5 Å². The van der Waals surface area contributed by atoms with E-state index < -0.39 is 11.1 Å².